The second-order valence-corrected chi connectivity index (χ2v) is 8.02. The van der Waals surface area contributed by atoms with E-state index in [4.69, 9.17) is 0 Å². The quantitative estimate of drug-likeness (QED) is 0.735. The lowest BCUT2D eigenvalue weighted by Gasteiger charge is -2.09. The van der Waals surface area contributed by atoms with Gasteiger partial charge in [0.25, 0.3) is 0 Å². The Balaban J connectivity index is 1.89. The van der Waals surface area contributed by atoms with Crippen molar-refractivity contribution in [2.75, 3.05) is 16.8 Å². The molecular formula is C19H21NO4S. The van der Waals surface area contributed by atoms with Gasteiger partial charge in [0.05, 0.1) is 11.4 Å². The third-order valence-electron chi connectivity index (χ3n) is 3.70. The zero-order valence-corrected chi connectivity index (χ0v) is 14.9. The summed E-state index contributed by atoms with van der Waals surface area (Å²) >= 11 is 0. The molecule has 6 heteroatoms. The maximum absolute atomic E-state index is 12.1. The first-order chi connectivity index (χ1) is 11.9. The smallest absolute Gasteiger partial charge is 0.239 e. The fourth-order valence-corrected chi connectivity index (χ4v) is 3.70. The predicted octanol–water partition coefficient (Wildman–Crippen LogP) is 2.88. The lowest BCUT2D eigenvalue weighted by atomic mass is 10.1. The Bertz CT molecular complexity index is 845. The van der Waals surface area contributed by atoms with E-state index in [9.17, 15) is 18.0 Å². The van der Waals surface area contributed by atoms with E-state index in [0.717, 1.165) is 5.56 Å². The number of rotatable bonds is 8. The van der Waals surface area contributed by atoms with E-state index in [1.807, 2.05) is 30.3 Å². The number of amides is 1. The molecule has 0 saturated heterocycles. The fraction of sp³-hybridized carbons (Fsp3) is 0.263. The van der Waals surface area contributed by atoms with Crippen molar-refractivity contribution in [1.29, 1.82) is 0 Å². The Morgan fingerprint density at radius 3 is 2.28 bits per heavy atom. The molecule has 0 aliphatic rings. The van der Waals surface area contributed by atoms with Gasteiger partial charge < -0.3 is 5.32 Å². The van der Waals surface area contributed by atoms with Crippen LogP contribution in [0.3, 0.4) is 0 Å². The van der Waals surface area contributed by atoms with Crippen molar-refractivity contribution in [2.24, 2.45) is 0 Å². The van der Waals surface area contributed by atoms with Crippen LogP contribution in [0, 0.1) is 0 Å². The van der Waals surface area contributed by atoms with Crippen LogP contribution in [-0.4, -0.2) is 31.6 Å². The molecule has 0 atom stereocenters. The summed E-state index contributed by atoms with van der Waals surface area (Å²) in [5, 5.41) is 2.52. The summed E-state index contributed by atoms with van der Waals surface area (Å²) in [4.78, 5) is 23.6. The minimum absolute atomic E-state index is 0.0519. The van der Waals surface area contributed by atoms with Gasteiger partial charge in [0.2, 0.25) is 5.91 Å². The van der Waals surface area contributed by atoms with Crippen LogP contribution in [0.15, 0.2) is 54.6 Å². The molecular weight excluding hydrogens is 338 g/mol. The predicted molar refractivity (Wildman–Crippen MR) is 98.5 cm³/mol. The molecule has 0 aliphatic heterocycles. The van der Waals surface area contributed by atoms with Crippen molar-refractivity contribution >= 4 is 27.2 Å². The van der Waals surface area contributed by atoms with Crippen LogP contribution in [0.4, 0.5) is 5.69 Å². The first-order valence-corrected chi connectivity index (χ1v) is 9.84. The number of aryl methyl sites for hydroxylation is 1. The molecule has 0 bridgehead atoms. The Labute approximate surface area is 148 Å². The van der Waals surface area contributed by atoms with E-state index in [0.29, 0.717) is 24.1 Å². The second kappa shape index (κ2) is 8.58. The first kappa shape index (κ1) is 18.9. The van der Waals surface area contributed by atoms with E-state index >= 15 is 0 Å². The number of para-hydroxylation sites is 1. The fourth-order valence-electron chi connectivity index (χ4n) is 2.50. The van der Waals surface area contributed by atoms with Crippen LogP contribution < -0.4 is 5.32 Å². The van der Waals surface area contributed by atoms with Crippen molar-refractivity contribution < 1.29 is 18.0 Å². The SMILES string of the molecule is CC(=O)c1ccccc1NC(=O)CS(=O)(=O)CCCc1ccccc1. The van der Waals surface area contributed by atoms with Crippen molar-refractivity contribution in [2.45, 2.75) is 19.8 Å². The molecule has 2 rings (SSSR count). The van der Waals surface area contributed by atoms with Crippen LogP contribution in [0.1, 0.15) is 29.3 Å². The molecule has 132 valence electrons. The summed E-state index contributed by atoms with van der Waals surface area (Å²) in [7, 11) is -3.50. The first-order valence-electron chi connectivity index (χ1n) is 8.01. The molecule has 5 nitrogen and oxygen atoms in total. The van der Waals surface area contributed by atoms with E-state index in [-0.39, 0.29) is 11.5 Å². The minimum Gasteiger partial charge on any atom is -0.325 e. The highest BCUT2D eigenvalue weighted by Gasteiger charge is 2.18. The normalized spacial score (nSPS) is 11.1. The Morgan fingerprint density at radius 2 is 1.60 bits per heavy atom. The topological polar surface area (TPSA) is 80.3 Å². The number of hydrogen-bond acceptors (Lipinski definition) is 4. The van der Waals surface area contributed by atoms with E-state index in [1.54, 1.807) is 24.3 Å². The molecule has 0 radical (unpaired) electrons. The molecule has 0 aliphatic carbocycles. The maximum Gasteiger partial charge on any atom is 0.239 e. The largest absolute Gasteiger partial charge is 0.325 e. The van der Waals surface area contributed by atoms with Crippen molar-refractivity contribution in [1.82, 2.24) is 0 Å². The van der Waals surface area contributed by atoms with Gasteiger partial charge in [-0.25, -0.2) is 8.42 Å². The highest BCUT2D eigenvalue weighted by molar-refractivity contribution is 7.92. The zero-order chi connectivity index (χ0) is 18.3. The number of benzene rings is 2. The van der Waals surface area contributed by atoms with E-state index < -0.39 is 21.5 Å². The number of carbonyl (C=O) groups excluding carboxylic acids is 2. The van der Waals surface area contributed by atoms with Gasteiger partial charge in [-0.05, 0) is 37.5 Å². The van der Waals surface area contributed by atoms with Gasteiger partial charge in [-0.2, -0.15) is 0 Å². The van der Waals surface area contributed by atoms with Gasteiger partial charge in [0, 0.05) is 5.56 Å². The van der Waals surface area contributed by atoms with Crippen LogP contribution in [0.2, 0.25) is 0 Å². The van der Waals surface area contributed by atoms with Crippen LogP contribution in [-0.2, 0) is 21.1 Å². The summed E-state index contributed by atoms with van der Waals surface area (Å²) in [6, 6.07) is 16.1. The lowest BCUT2D eigenvalue weighted by molar-refractivity contribution is -0.113. The van der Waals surface area contributed by atoms with Crippen molar-refractivity contribution in [3.63, 3.8) is 0 Å². The molecule has 2 aromatic rings. The zero-order valence-electron chi connectivity index (χ0n) is 14.1. The molecule has 0 unspecified atom stereocenters. The summed E-state index contributed by atoms with van der Waals surface area (Å²) in [6.45, 7) is 1.39. The molecule has 0 spiro atoms. The van der Waals surface area contributed by atoms with Crippen molar-refractivity contribution in [3.8, 4) is 0 Å². The van der Waals surface area contributed by atoms with Gasteiger partial charge in [-0.15, -0.1) is 0 Å². The van der Waals surface area contributed by atoms with E-state index in [2.05, 4.69) is 5.32 Å². The van der Waals surface area contributed by atoms with Crippen molar-refractivity contribution in [3.05, 3.63) is 65.7 Å². The monoisotopic (exact) mass is 359 g/mol. The average molecular weight is 359 g/mol. The number of hydrogen-bond donors (Lipinski definition) is 1. The highest BCUT2D eigenvalue weighted by atomic mass is 32.2. The molecule has 0 heterocycles. The number of anilines is 1. The molecule has 1 N–H and O–H groups in total. The second-order valence-electron chi connectivity index (χ2n) is 5.83. The Morgan fingerprint density at radius 1 is 0.960 bits per heavy atom. The summed E-state index contributed by atoms with van der Waals surface area (Å²) in [6.07, 6.45) is 1.11. The maximum atomic E-state index is 12.1. The minimum atomic E-state index is -3.50. The van der Waals surface area contributed by atoms with Gasteiger partial charge in [0.15, 0.2) is 15.6 Å². The van der Waals surface area contributed by atoms with Gasteiger partial charge in [-0.1, -0.05) is 42.5 Å². The molecule has 1 amide bonds. The molecule has 0 aromatic heterocycles. The van der Waals surface area contributed by atoms with Crippen LogP contribution in [0.5, 0.6) is 0 Å². The third-order valence-corrected chi connectivity index (χ3v) is 5.31. The number of sulfone groups is 1. The molecule has 0 saturated carbocycles. The Hall–Kier alpha value is -2.47. The summed E-state index contributed by atoms with van der Waals surface area (Å²) < 4.78 is 24.2. The summed E-state index contributed by atoms with van der Waals surface area (Å²) in [5.41, 5.74) is 1.76. The number of Topliss-reactive ketones (excluding diaryl/α,β-unsaturated/α-hetero) is 1. The number of nitrogens with one attached hydrogen (secondary N) is 1. The van der Waals surface area contributed by atoms with Gasteiger partial charge in [-0.3, -0.25) is 9.59 Å². The standard InChI is InChI=1S/C19H21NO4S/c1-15(21)17-11-5-6-12-18(17)20-19(22)14-25(23,24)13-7-10-16-8-3-2-4-9-16/h2-6,8-9,11-12H,7,10,13-14H2,1H3,(H,20,22). The van der Waals surface area contributed by atoms with Gasteiger partial charge in [0.1, 0.15) is 5.75 Å². The number of carbonyl (C=O) groups is 2. The number of ketones is 1. The third kappa shape index (κ3) is 6.15. The molecule has 25 heavy (non-hydrogen) atoms. The lowest BCUT2D eigenvalue weighted by Crippen LogP contribution is -2.25. The molecule has 2 aromatic carbocycles. The van der Waals surface area contributed by atoms with Crippen LogP contribution >= 0.6 is 0 Å². The Kier molecular flexibility index (Phi) is 6.47. The van der Waals surface area contributed by atoms with Gasteiger partial charge >= 0.3 is 0 Å². The molecule has 0 fully saturated rings. The average Bonchev–Trinajstić information content (AvgIpc) is 2.55. The van der Waals surface area contributed by atoms with Crippen LogP contribution in [0.25, 0.3) is 0 Å². The van der Waals surface area contributed by atoms with E-state index in [1.165, 1.54) is 6.92 Å². The highest BCUT2D eigenvalue weighted by Crippen LogP contribution is 2.15. The summed E-state index contributed by atoms with van der Waals surface area (Å²) in [5.74, 6) is -1.47.